The molecule has 0 bridgehead atoms. The molecule has 2 N–H and O–H groups in total. The van der Waals surface area contributed by atoms with Crippen molar-refractivity contribution < 1.29 is 23.9 Å². The SMILES string of the molecule is Cc1cccc(NC(=O)NC(COC(=O)N2CCCC2)C(=O)N2CCC(C(=O)c3ccccc3)CC2)c1. The number of aryl methyl sites for hydroxylation is 1. The first-order valence-electron chi connectivity index (χ1n) is 12.8. The van der Waals surface area contributed by atoms with E-state index in [1.54, 1.807) is 28.0 Å². The number of rotatable bonds is 7. The van der Waals surface area contributed by atoms with Crippen molar-refractivity contribution in [1.82, 2.24) is 15.1 Å². The van der Waals surface area contributed by atoms with Gasteiger partial charge in [0.15, 0.2) is 5.78 Å². The topological polar surface area (TPSA) is 108 Å². The molecule has 0 aliphatic carbocycles. The summed E-state index contributed by atoms with van der Waals surface area (Å²) in [5.74, 6) is -0.408. The average molecular weight is 507 g/mol. The smallest absolute Gasteiger partial charge is 0.409 e. The van der Waals surface area contributed by atoms with E-state index in [0.717, 1.165) is 18.4 Å². The van der Waals surface area contributed by atoms with Crippen molar-refractivity contribution in [2.75, 3.05) is 38.1 Å². The number of anilines is 1. The highest BCUT2D eigenvalue weighted by Gasteiger charge is 2.33. The fourth-order valence-corrected chi connectivity index (χ4v) is 4.79. The quantitative estimate of drug-likeness (QED) is 0.555. The van der Waals surface area contributed by atoms with Gasteiger partial charge in [0.2, 0.25) is 5.91 Å². The van der Waals surface area contributed by atoms with Crippen LogP contribution >= 0.6 is 0 Å². The normalized spacial score (nSPS) is 16.7. The summed E-state index contributed by atoms with van der Waals surface area (Å²) < 4.78 is 5.43. The molecule has 0 saturated carbocycles. The first-order valence-corrected chi connectivity index (χ1v) is 12.8. The summed E-state index contributed by atoms with van der Waals surface area (Å²) >= 11 is 0. The van der Waals surface area contributed by atoms with Gasteiger partial charge in [-0.2, -0.15) is 0 Å². The van der Waals surface area contributed by atoms with Crippen molar-refractivity contribution >= 4 is 29.5 Å². The molecule has 9 heteroatoms. The van der Waals surface area contributed by atoms with Gasteiger partial charge < -0.3 is 25.2 Å². The van der Waals surface area contributed by atoms with E-state index in [-0.39, 0.29) is 24.2 Å². The van der Waals surface area contributed by atoms with Crippen LogP contribution < -0.4 is 10.6 Å². The van der Waals surface area contributed by atoms with Crippen LogP contribution in [0.5, 0.6) is 0 Å². The molecule has 0 spiro atoms. The van der Waals surface area contributed by atoms with Crippen molar-refractivity contribution in [3.63, 3.8) is 0 Å². The number of piperidine rings is 1. The van der Waals surface area contributed by atoms with E-state index in [4.69, 9.17) is 4.74 Å². The van der Waals surface area contributed by atoms with Crippen LogP contribution in [0.4, 0.5) is 15.3 Å². The summed E-state index contributed by atoms with van der Waals surface area (Å²) in [4.78, 5) is 54.6. The van der Waals surface area contributed by atoms with E-state index in [2.05, 4.69) is 10.6 Å². The predicted octanol–water partition coefficient (Wildman–Crippen LogP) is 3.84. The highest BCUT2D eigenvalue weighted by atomic mass is 16.6. The van der Waals surface area contributed by atoms with Crippen LogP contribution in [-0.4, -0.2) is 72.4 Å². The zero-order chi connectivity index (χ0) is 26.2. The van der Waals surface area contributed by atoms with Crippen molar-refractivity contribution in [3.05, 3.63) is 65.7 Å². The summed E-state index contributed by atoms with van der Waals surface area (Å²) in [6.45, 7) is 3.68. The number of carbonyl (C=O) groups excluding carboxylic acids is 4. The molecule has 2 saturated heterocycles. The molecule has 2 aliphatic rings. The summed E-state index contributed by atoms with van der Waals surface area (Å²) in [6, 6.07) is 14.9. The summed E-state index contributed by atoms with van der Waals surface area (Å²) in [6.07, 6.45) is 2.43. The third-order valence-electron chi connectivity index (χ3n) is 6.85. The second-order valence-corrected chi connectivity index (χ2v) is 9.62. The minimum atomic E-state index is -1.04. The molecule has 2 aliphatic heterocycles. The van der Waals surface area contributed by atoms with Crippen LogP contribution in [0.3, 0.4) is 0 Å². The summed E-state index contributed by atoms with van der Waals surface area (Å²) in [5.41, 5.74) is 2.25. The first kappa shape index (κ1) is 26.2. The number of hydrogen-bond donors (Lipinski definition) is 2. The molecule has 37 heavy (non-hydrogen) atoms. The summed E-state index contributed by atoms with van der Waals surface area (Å²) in [5, 5.41) is 5.42. The van der Waals surface area contributed by atoms with Crippen LogP contribution in [0.25, 0.3) is 0 Å². The number of nitrogens with one attached hydrogen (secondary N) is 2. The number of urea groups is 1. The standard InChI is InChI=1S/C28H34N4O5/c1-20-8-7-11-23(18-20)29-27(35)30-24(19-37-28(36)32-14-5-6-15-32)26(34)31-16-12-22(13-17-31)25(33)21-9-3-2-4-10-21/h2-4,7-11,18,22,24H,5-6,12-17,19H2,1H3,(H2,29,30,35). The Hall–Kier alpha value is -3.88. The minimum Gasteiger partial charge on any atom is -0.447 e. The molecule has 2 fully saturated rings. The van der Waals surface area contributed by atoms with Gasteiger partial charge in [0.05, 0.1) is 0 Å². The maximum Gasteiger partial charge on any atom is 0.409 e. The molecule has 2 aromatic rings. The van der Waals surface area contributed by atoms with Crippen LogP contribution in [0, 0.1) is 12.8 Å². The average Bonchev–Trinajstić information content (AvgIpc) is 3.46. The van der Waals surface area contributed by atoms with Gasteiger partial charge in [-0.05, 0) is 50.3 Å². The second-order valence-electron chi connectivity index (χ2n) is 9.62. The lowest BCUT2D eigenvalue weighted by molar-refractivity contribution is -0.135. The maximum absolute atomic E-state index is 13.4. The predicted molar refractivity (Wildman–Crippen MR) is 139 cm³/mol. The van der Waals surface area contributed by atoms with Crippen LogP contribution in [0.2, 0.25) is 0 Å². The molecule has 1 unspecified atom stereocenters. The number of ether oxygens (including phenoxy) is 1. The number of carbonyl (C=O) groups is 4. The van der Waals surface area contributed by atoms with Gasteiger partial charge in [0, 0.05) is 43.3 Å². The Labute approximate surface area is 217 Å². The van der Waals surface area contributed by atoms with Crippen LogP contribution in [0.1, 0.15) is 41.6 Å². The van der Waals surface area contributed by atoms with Gasteiger partial charge >= 0.3 is 12.1 Å². The highest BCUT2D eigenvalue weighted by molar-refractivity contribution is 5.98. The number of hydrogen-bond acceptors (Lipinski definition) is 5. The number of ketones is 1. The van der Waals surface area contributed by atoms with E-state index >= 15 is 0 Å². The molecule has 1 atom stereocenters. The van der Waals surface area contributed by atoms with E-state index in [1.807, 2.05) is 43.3 Å². The van der Waals surface area contributed by atoms with Gasteiger partial charge in [0.1, 0.15) is 12.6 Å². The molecule has 0 aromatic heterocycles. The largest absolute Gasteiger partial charge is 0.447 e. The molecule has 2 heterocycles. The lowest BCUT2D eigenvalue weighted by Gasteiger charge is -2.34. The van der Waals surface area contributed by atoms with Gasteiger partial charge in [-0.1, -0.05) is 42.5 Å². The van der Waals surface area contributed by atoms with Gasteiger partial charge in [0.25, 0.3) is 0 Å². The number of benzene rings is 2. The fourth-order valence-electron chi connectivity index (χ4n) is 4.79. The third-order valence-corrected chi connectivity index (χ3v) is 6.85. The molecule has 4 rings (SSSR count). The van der Waals surface area contributed by atoms with Gasteiger partial charge in [-0.15, -0.1) is 0 Å². The molecule has 9 nitrogen and oxygen atoms in total. The Morgan fingerprint density at radius 2 is 1.62 bits per heavy atom. The van der Waals surface area contributed by atoms with Gasteiger partial charge in [-0.3, -0.25) is 9.59 Å². The molecular weight excluding hydrogens is 472 g/mol. The van der Waals surface area contributed by atoms with E-state index in [0.29, 0.717) is 50.3 Å². The van der Waals surface area contributed by atoms with Crippen LogP contribution in [0.15, 0.2) is 54.6 Å². The number of likely N-dealkylation sites (tertiary alicyclic amines) is 2. The Kier molecular flexibility index (Phi) is 8.77. The zero-order valence-corrected chi connectivity index (χ0v) is 21.2. The number of nitrogens with zero attached hydrogens (tertiary/aromatic N) is 2. The zero-order valence-electron chi connectivity index (χ0n) is 21.2. The van der Waals surface area contributed by atoms with Crippen molar-refractivity contribution in [3.8, 4) is 0 Å². The molecule has 196 valence electrons. The Morgan fingerprint density at radius 3 is 2.30 bits per heavy atom. The third kappa shape index (κ3) is 7.09. The van der Waals surface area contributed by atoms with Crippen molar-refractivity contribution in [2.24, 2.45) is 5.92 Å². The van der Waals surface area contributed by atoms with Crippen molar-refractivity contribution in [2.45, 2.75) is 38.6 Å². The van der Waals surface area contributed by atoms with Crippen LogP contribution in [-0.2, 0) is 9.53 Å². The summed E-state index contributed by atoms with van der Waals surface area (Å²) in [7, 11) is 0. The number of Topliss-reactive ketones (excluding diaryl/α,β-unsaturated/α-hetero) is 1. The van der Waals surface area contributed by atoms with E-state index in [1.165, 1.54) is 0 Å². The van der Waals surface area contributed by atoms with E-state index < -0.39 is 18.2 Å². The molecule has 2 aromatic carbocycles. The van der Waals surface area contributed by atoms with Crippen molar-refractivity contribution in [1.29, 1.82) is 0 Å². The number of amides is 4. The molecule has 0 radical (unpaired) electrons. The second kappa shape index (κ2) is 12.4. The van der Waals surface area contributed by atoms with Gasteiger partial charge in [-0.25, -0.2) is 9.59 Å². The Morgan fingerprint density at radius 1 is 0.919 bits per heavy atom. The monoisotopic (exact) mass is 506 g/mol. The lowest BCUT2D eigenvalue weighted by Crippen LogP contribution is -2.54. The maximum atomic E-state index is 13.4. The molecular formula is C28H34N4O5. The lowest BCUT2D eigenvalue weighted by atomic mass is 9.88. The highest BCUT2D eigenvalue weighted by Crippen LogP contribution is 2.22. The minimum absolute atomic E-state index is 0.0828. The van der Waals surface area contributed by atoms with E-state index in [9.17, 15) is 19.2 Å². The fraction of sp³-hybridized carbons (Fsp3) is 0.429. The Bertz CT molecular complexity index is 1110. The molecule has 4 amide bonds. The Balaban J connectivity index is 1.37. The first-order chi connectivity index (χ1) is 17.9.